The summed E-state index contributed by atoms with van der Waals surface area (Å²) < 4.78 is 26.6. The Balaban J connectivity index is 2.50. The minimum atomic E-state index is -4.07. The van der Waals surface area contributed by atoms with Crippen LogP contribution in [0.4, 0.5) is 0 Å². The zero-order chi connectivity index (χ0) is 16.9. The zero-order valence-corrected chi connectivity index (χ0v) is 13.1. The number of rotatable bonds is 2. The molecule has 120 valence electrons. The topological polar surface area (TPSA) is 127 Å². The molecular weight excluding hydrogens is 348 g/mol. The molecule has 11 heteroatoms. The van der Waals surface area contributed by atoms with E-state index in [0.29, 0.717) is 0 Å². The number of imidazole rings is 1. The average Bonchev–Trinajstić information content (AvgIpc) is 2.91. The average molecular weight is 357 g/mol. The summed E-state index contributed by atoms with van der Waals surface area (Å²) in [6.07, 6.45) is 2.44. The van der Waals surface area contributed by atoms with Crippen molar-refractivity contribution < 1.29 is 13.6 Å². The minimum absolute atomic E-state index is 0.104. The van der Waals surface area contributed by atoms with Crippen molar-refractivity contribution in [1.29, 1.82) is 0 Å². The molecule has 2 heterocycles. The number of benzene rings is 1. The highest BCUT2D eigenvalue weighted by molar-refractivity contribution is 7.91. The van der Waals surface area contributed by atoms with Crippen LogP contribution in [0.15, 0.2) is 44.2 Å². The Kier molecular flexibility index (Phi) is 3.30. The number of fused-ring (bicyclic) bond motifs is 1. The minimum Gasteiger partial charge on any atom is -0.421 e. The van der Waals surface area contributed by atoms with Gasteiger partial charge in [-0.25, -0.2) is 18.2 Å². The number of halogens is 1. The Hall–Kier alpha value is -2.59. The number of aromatic nitrogens is 4. The quantitative estimate of drug-likeness (QED) is 0.629. The maximum absolute atomic E-state index is 12.8. The van der Waals surface area contributed by atoms with Crippen LogP contribution in [-0.4, -0.2) is 32.9 Å². The van der Waals surface area contributed by atoms with Crippen molar-refractivity contribution in [2.75, 3.05) is 0 Å². The Morgan fingerprint density at radius 3 is 2.61 bits per heavy atom. The van der Waals surface area contributed by atoms with Gasteiger partial charge in [0.05, 0.1) is 33.3 Å². The largest absolute Gasteiger partial charge is 0.421 e. The van der Waals surface area contributed by atoms with Crippen molar-refractivity contribution in [3.63, 3.8) is 0 Å². The predicted octanol–water partition coefficient (Wildman–Crippen LogP) is 0.147. The number of hydrogen-bond donors (Lipinski definition) is 2. The van der Waals surface area contributed by atoms with Crippen LogP contribution in [0.2, 0.25) is 5.02 Å². The lowest BCUT2D eigenvalue weighted by atomic mass is 10.2. The normalized spacial score (nSPS) is 11.9. The smallest absolute Gasteiger partial charge is 0.362 e. The third-order valence-electron chi connectivity index (χ3n) is 3.28. The lowest BCUT2D eigenvalue weighted by Crippen LogP contribution is -2.33. The summed E-state index contributed by atoms with van der Waals surface area (Å²) in [5.41, 5.74) is -2.57. The van der Waals surface area contributed by atoms with Gasteiger partial charge in [-0.15, -0.1) is 0 Å². The monoisotopic (exact) mass is 356 g/mol. The SMILES string of the molecule is Cn1cncc1S(=O)(=O)c1ccc(Cl)c2c(=O)n(O)c(=O)[nH]c12. The van der Waals surface area contributed by atoms with Crippen LogP contribution < -0.4 is 11.2 Å². The molecule has 0 aliphatic heterocycles. The predicted molar refractivity (Wildman–Crippen MR) is 79.7 cm³/mol. The van der Waals surface area contributed by atoms with Crippen molar-refractivity contribution in [1.82, 2.24) is 19.3 Å². The van der Waals surface area contributed by atoms with Crippen LogP contribution in [0.25, 0.3) is 10.9 Å². The Bertz CT molecular complexity index is 1160. The lowest BCUT2D eigenvalue weighted by Gasteiger charge is -2.09. The molecule has 0 saturated heterocycles. The third kappa shape index (κ3) is 2.14. The number of aromatic amines is 1. The van der Waals surface area contributed by atoms with Crippen LogP contribution in [0.1, 0.15) is 0 Å². The molecule has 9 nitrogen and oxygen atoms in total. The van der Waals surface area contributed by atoms with Gasteiger partial charge in [-0.3, -0.25) is 4.79 Å². The number of hydrogen-bond acceptors (Lipinski definition) is 6. The van der Waals surface area contributed by atoms with Gasteiger partial charge in [0.25, 0.3) is 5.56 Å². The Morgan fingerprint density at radius 2 is 2.00 bits per heavy atom. The fraction of sp³-hybridized carbons (Fsp3) is 0.0833. The zero-order valence-electron chi connectivity index (χ0n) is 11.5. The van der Waals surface area contributed by atoms with Gasteiger partial charge in [0.15, 0.2) is 5.03 Å². The highest BCUT2D eigenvalue weighted by Gasteiger charge is 2.26. The van der Waals surface area contributed by atoms with Crippen molar-refractivity contribution in [2.24, 2.45) is 7.05 Å². The van der Waals surface area contributed by atoms with E-state index in [4.69, 9.17) is 11.6 Å². The van der Waals surface area contributed by atoms with E-state index in [2.05, 4.69) is 9.97 Å². The van der Waals surface area contributed by atoms with Crippen LogP contribution in [0.5, 0.6) is 0 Å². The van der Waals surface area contributed by atoms with Crippen LogP contribution in [0, 0.1) is 0 Å². The Labute approximate surface area is 133 Å². The summed E-state index contributed by atoms with van der Waals surface area (Å²) >= 11 is 5.91. The molecule has 1 aromatic carbocycles. The summed E-state index contributed by atoms with van der Waals surface area (Å²) in [5.74, 6) is 0. The van der Waals surface area contributed by atoms with Crippen molar-refractivity contribution in [3.05, 3.63) is 50.5 Å². The molecule has 3 rings (SSSR count). The molecule has 0 unspecified atom stereocenters. The molecule has 2 N–H and O–H groups in total. The van der Waals surface area contributed by atoms with Gasteiger partial charge in [-0.1, -0.05) is 16.3 Å². The van der Waals surface area contributed by atoms with Crippen LogP contribution >= 0.6 is 11.6 Å². The fourth-order valence-electron chi connectivity index (χ4n) is 2.19. The van der Waals surface area contributed by atoms with Crippen molar-refractivity contribution >= 4 is 32.3 Å². The first kappa shape index (κ1) is 15.3. The van der Waals surface area contributed by atoms with Gasteiger partial charge in [-0.05, 0) is 12.1 Å². The lowest BCUT2D eigenvalue weighted by molar-refractivity contribution is 0.162. The first-order chi connectivity index (χ1) is 10.7. The molecule has 0 atom stereocenters. The molecular formula is C12H9ClN4O5S. The second-order valence-corrected chi connectivity index (χ2v) is 6.96. The molecule has 0 bridgehead atoms. The molecule has 0 saturated carbocycles. The second kappa shape index (κ2) is 4.96. The van der Waals surface area contributed by atoms with E-state index in [-0.39, 0.29) is 30.6 Å². The molecule has 0 fully saturated rings. The maximum atomic E-state index is 12.8. The van der Waals surface area contributed by atoms with Crippen LogP contribution in [-0.2, 0) is 16.9 Å². The first-order valence-corrected chi connectivity index (χ1v) is 7.99. The van der Waals surface area contributed by atoms with E-state index >= 15 is 0 Å². The van der Waals surface area contributed by atoms with Gasteiger partial charge in [0, 0.05) is 7.05 Å². The molecule has 0 aliphatic rings. The van der Waals surface area contributed by atoms with Gasteiger partial charge >= 0.3 is 5.69 Å². The standard InChI is InChI=1S/C12H9ClN4O5S/c1-16-5-14-4-8(16)23(21,22)7-3-2-6(13)9-10(7)15-12(19)17(20)11(9)18/h2-5,20H,1H3,(H,15,19). The van der Waals surface area contributed by atoms with Crippen molar-refractivity contribution in [2.45, 2.75) is 9.92 Å². The van der Waals surface area contributed by atoms with E-state index < -0.39 is 21.1 Å². The highest BCUT2D eigenvalue weighted by Crippen LogP contribution is 2.28. The summed E-state index contributed by atoms with van der Waals surface area (Å²) in [4.78, 5) is 29.2. The van der Waals surface area contributed by atoms with Gasteiger partial charge in [-0.2, -0.15) is 0 Å². The van der Waals surface area contributed by atoms with E-state index in [9.17, 15) is 23.2 Å². The van der Waals surface area contributed by atoms with E-state index in [1.165, 1.54) is 30.1 Å². The number of H-pyrrole nitrogens is 1. The second-order valence-electron chi connectivity index (χ2n) is 4.69. The van der Waals surface area contributed by atoms with Gasteiger partial charge in [0.2, 0.25) is 9.84 Å². The van der Waals surface area contributed by atoms with E-state index in [0.717, 1.165) is 6.20 Å². The highest BCUT2D eigenvalue weighted by atomic mass is 35.5. The van der Waals surface area contributed by atoms with Crippen molar-refractivity contribution in [3.8, 4) is 0 Å². The summed E-state index contributed by atoms with van der Waals surface area (Å²) in [5, 5.41) is 8.85. The fourth-order valence-corrected chi connectivity index (χ4v) is 3.95. The number of nitrogens with one attached hydrogen (secondary N) is 1. The molecule has 0 spiro atoms. The first-order valence-electron chi connectivity index (χ1n) is 6.13. The number of nitrogens with zero attached hydrogens (tertiary/aromatic N) is 3. The number of sulfone groups is 1. The third-order valence-corrected chi connectivity index (χ3v) is 5.46. The number of aryl methyl sites for hydroxylation is 1. The van der Waals surface area contributed by atoms with Gasteiger partial charge < -0.3 is 14.8 Å². The summed E-state index contributed by atoms with van der Waals surface area (Å²) in [7, 11) is -2.59. The molecule has 0 aliphatic carbocycles. The summed E-state index contributed by atoms with van der Waals surface area (Å²) in [6.45, 7) is 0. The summed E-state index contributed by atoms with van der Waals surface area (Å²) in [6, 6.07) is 2.37. The van der Waals surface area contributed by atoms with E-state index in [1.54, 1.807) is 0 Å². The maximum Gasteiger partial charge on any atom is 0.362 e. The van der Waals surface area contributed by atoms with Crippen LogP contribution in [0.3, 0.4) is 0 Å². The molecule has 0 amide bonds. The molecule has 3 aromatic rings. The van der Waals surface area contributed by atoms with Gasteiger partial charge in [0.1, 0.15) is 0 Å². The molecule has 2 aromatic heterocycles. The molecule has 0 radical (unpaired) electrons. The Morgan fingerprint density at radius 1 is 1.30 bits per heavy atom. The molecule has 23 heavy (non-hydrogen) atoms. The van der Waals surface area contributed by atoms with E-state index in [1.807, 2.05) is 0 Å².